The lowest BCUT2D eigenvalue weighted by molar-refractivity contribution is -0.137. The van der Waals surface area contributed by atoms with Crippen LogP contribution in [0.25, 0.3) is 0 Å². The van der Waals surface area contributed by atoms with Crippen molar-refractivity contribution in [2.75, 3.05) is 13.1 Å². The highest BCUT2D eigenvalue weighted by molar-refractivity contribution is 5.98. The van der Waals surface area contributed by atoms with E-state index in [9.17, 15) is 14.4 Å². The SMILES string of the molecule is Cc1ccccc1C(=O)NC(C(=O)N1CCCC(CCC(=O)O)C1)C(C)C. The molecule has 1 aromatic carbocycles. The van der Waals surface area contributed by atoms with Crippen LogP contribution in [0.2, 0.25) is 0 Å². The van der Waals surface area contributed by atoms with Crippen LogP contribution >= 0.6 is 0 Å². The first kappa shape index (κ1) is 20.9. The number of aryl methyl sites for hydroxylation is 1. The summed E-state index contributed by atoms with van der Waals surface area (Å²) in [6.07, 6.45) is 2.52. The molecule has 1 aliphatic heterocycles. The summed E-state index contributed by atoms with van der Waals surface area (Å²) in [7, 11) is 0. The number of likely N-dealkylation sites (tertiary alicyclic amines) is 1. The Kier molecular flexibility index (Phi) is 7.39. The van der Waals surface area contributed by atoms with E-state index in [1.807, 2.05) is 39.0 Å². The van der Waals surface area contributed by atoms with E-state index in [0.29, 0.717) is 25.1 Å². The molecule has 0 saturated carbocycles. The molecule has 0 aromatic heterocycles. The lowest BCUT2D eigenvalue weighted by Gasteiger charge is -2.36. The number of rotatable bonds is 7. The molecule has 0 spiro atoms. The number of nitrogens with one attached hydrogen (secondary N) is 1. The molecule has 2 amide bonds. The third kappa shape index (κ3) is 5.81. The number of carbonyl (C=O) groups excluding carboxylic acids is 2. The Morgan fingerprint density at radius 1 is 1.26 bits per heavy atom. The number of carboxylic acids is 1. The predicted molar refractivity (Wildman–Crippen MR) is 103 cm³/mol. The highest BCUT2D eigenvalue weighted by Crippen LogP contribution is 2.22. The van der Waals surface area contributed by atoms with E-state index >= 15 is 0 Å². The van der Waals surface area contributed by atoms with Gasteiger partial charge in [0.25, 0.3) is 5.91 Å². The van der Waals surface area contributed by atoms with Gasteiger partial charge in [0.05, 0.1) is 0 Å². The molecule has 2 unspecified atom stereocenters. The van der Waals surface area contributed by atoms with Crippen molar-refractivity contribution < 1.29 is 19.5 Å². The quantitative estimate of drug-likeness (QED) is 0.768. The zero-order chi connectivity index (χ0) is 20.0. The topological polar surface area (TPSA) is 86.7 Å². The van der Waals surface area contributed by atoms with Crippen molar-refractivity contribution >= 4 is 17.8 Å². The number of piperidine rings is 1. The fraction of sp³-hybridized carbons (Fsp3) is 0.571. The van der Waals surface area contributed by atoms with Crippen molar-refractivity contribution in [2.45, 2.75) is 52.5 Å². The van der Waals surface area contributed by atoms with E-state index in [1.54, 1.807) is 11.0 Å². The maximum Gasteiger partial charge on any atom is 0.303 e. The second-order valence-electron chi connectivity index (χ2n) is 7.73. The molecule has 1 aromatic rings. The van der Waals surface area contributed by atoms with Gasteiger partial charge >= 0.3 is 5.97 Å². The Bertz CT molecular complexity index is 687. The predicted octanol–water partition coefficient (Wildman–Crippen LogP) is 2.85. The molecule has 148 valence electrons. The van der Waals surface area contributed by atoms with Crippen LogP contribution in [0.5, 0.6) is 0 Å². The van der Waals surface area contributed by atoms with E-state index in [-0.39, 0.29) is 30.1 Å². The van der Waals surface area contributed by atoms with E-state index in [4.69, 9.17) is 5.11 Å². The summed E-state index contributed by atoms with van der Waals surface area (Å²) in [6.45, 7) is 6.94. The number of hydrogen-bond donors (Lipinski definition) is 2. The van der Waals surface area contributed by atoms with Crippen molar-refractivity contribution in [3.8, 4) is 0 Å². The standard InChI is InChI=1S/C21H30N2O4/c1-14(2)19(22-20(26)17-9-5-4-7-15(17)3)21(27)23-12-6-8-16(13-23)10-11-18(24)25/h4-5,7,9,14,16,19H,6,8,10-13H2,1-3H3,(H,22,26)(H,24,25). The van der Waals surface area contributed by atoms with Crippen molar-refractivity contribution in [2.24, 2.45) is 11.8 Å². The molecular formula is C21H30N2O4. The zero-order valence-electron chi connectivity index (χ0n) is 16.4. The van der Waals surface area contributed by atoms with E-state index in [1.165, 1.54) is 0 Å². The van der Waals surface area contributed by atoms with Gasteiger partial charge in [-0.3, -0.25) is 14.4 Å². The summed E-state index contributed by atoms with van der Waals surface area (Å²) >= 11 is 0. The van der Waals surface area contributed by atoms with Crippen molar-refractivity contribution in [1.29, 1.82) is 0 Å². The van der Waals surface area contributed by atoms with Crippen LogP contribution in [0.3, 0.4) is 0 Å². The first-order valence-corrected chi connectivity index (χ1v) is 9.66. The van der Waals surface area contributed by atoms with Gasteiger partial charge in [0, 0.05) is 25.1 Å². The molecule has 0 bridgehead atoms. The van der Waals surface area contributed by atoms with Gasteiger partial charge in [-0.1, -0.05) is 32.0 Å². The molecule has 1 heterocycles. The largest absolute Gasteiger partial charge is 0.481 e. The molecule has 2 N–H and O–H groups in total. The number of carboxylic acid groups (broad SMARTS) is 1. The molecule has 2 rings (SSSR count). The third-order valence-corrected chi connectivity index (χ3v) is 5.21. The Morgan fingerprint density at radius 3 is 2.59 bits per heavy atom. The van der Waals surface area contributed by atoms with Crippen LogP contribution in [0.4, 0.5) is 0 Å². The van der Waals surface area contributed by atoms with Crippen LogP contribution in [0, 0.1) is 18.8 Å². The van der Waals surface area contributed by atoms with Crippen LogP contribution < -0.4 is 5.32 Å². The number of nitrogens with zero attached hydrogens (tertiary/aromatic N) is 1. The first-order valence-electron chi connectivity index (χ1n) is 9.66. The van der Waals surface area contributed by atoms with Crippen LogP contribution in [-0.2, 0) is 9.59 Å². The summed E-state index contributed by atoms with van der Waals surface area (Å²) in [5, 5.41) is 11.8. The van der Waals surface area contributed by atoms with Gasteiger partial charge in [0.2, 0.25) is 5.91 Å². The number of benzene rings is 1. The van der Waals surface area contributed by atoms with Crippen LogP contribution in [0.1, 0.15) is 55.5 Å². The lowest BCUT2D eigenvalue weighted by Crippen LogP contribution is -2.53. The highest BCUT2D eigenvalue weighted by atomic mass is 16.4. The molecule has 27 heavy (non-hydrogen) atoms. The van der Waals surface area contributed by atoms with E-state index < -0.39 is 12.0 Å². The fourth-order valence-electron chi connectivity index (χ4n) is 3.59. The summed E-state index contributed by atoms with van der Waals surface area (Å²) in [5.74, 6) is -0.945. The van der Waals surface area contributed by atoms with E-state index in [0.717, 1.165) is 18.4 Å². The maximum absolute atomic E-state index is 13.1. The molecule has 1 fully saturated rings. The van der Waals surface area contributed by atoms with Crippen molar-refractivity contribution in [3.05, 3.63) is 35.4 Å². The van der Waals surface area contributed by atoms with Crippen LogP contribution in [0.15, 0.2) is 24.3 Å². The van der Waals surface area contributed by atoms with Gasteiger partial charge in [-0.15, -0.1) is 0 Å². The van der Waals surface area contributed by atoms with Crippen LogP contribution in [-0.4, -0.2) is 46.9 Å². The fourth-order valence-corrected chi connectivity index (χ4v) is 3.59. The lowest BCUT2D eigenvalue weighted by atomic mass is 9.92. The molecule has 0 radical (unpaired) electrons. The molecular weight excluding hydrogens is 344 g/mol. The third-order valence-electron chi connectivity index (χ3n) is 5.21. The van der Waals surface area contributed by atoms with Gasteiger partial charge in [-0.25, -0.2) is 0 Å². The Hall–Kier alpha value is -2.37. The molecule has 6 nitrogen and oxygen atoms in total. The number of aliphatic carboxylic acids is 1. The maximum atomic E-state index is 13.1. The molecule has 1 saturated heterocycles. The average molecular weight is 374 g/mol. The highest BCUT2D eigenvalue weighted by Gasteiger charge is 2.32. The smallest absolute Gasteiger partial charge is 0.303 e. The molecule has 6 heteroatoms. The van der Waals surface area contributed by atoms with Crippen molar-refractivity contribution in [3.63, 3.8) is 0 Å². The van der Waals surface area contributed by atoms with Gasteiger partial charge < -0.3 is 15.3 Å². The second kappa shape index (κ2) is 9.53. The second-order valence-corrected chi connectivity index (χ2v) is 7.73. The van der Waals surface area contributed by atoms with Gasteiger partial charge in [0.1, 0.15) is 6.04 Å². The van der Waals surface area contributed by atoms with E-state index in [2.05, 4.69) is 5.32 Å². The number of hydrogen-bond acceptors (Lipinski definition) is 3. The minimum absolute atomic E-state index is 0.0372. The molecule has 0 aliphatic carbocycles. The van der Waals surface area contributed by atoms with Crippen molar-refractivity contribution in [1.82, 2.24) is 10.2 Å². The Labute approximate surface area is 160 Å². The zero-order valence-corrected chi connectivity index (χ0v) is 16.4. The summed E-state index contributed by atoms with van der Waals surface area (Å²) < 4.78 is 0. The Balaban J connectivity index is 2.04. The first-order chi connectivity index (χ1) is 12.8. The molecule has 1 aliphatic rings. The molecule has 2 atom stereocenters. The summed E-state index contributed by atoms with van der Waals surface area (Å²) in [6, 6.07) is 6.73. The normalized spacial score (nSPS) is 18.2. The minimum atomic E-state index is -0.802. The van der Waals surface area contributed by atoms with Gasteiger partial charge in [-0.05, 0) is 49.7 Å². The minimum Gasteiger partial charge on any atom is -0.481 e. The monoisotopic (exact) mass is 374 g/mol. The summed E-state index contributed by atoms with van der Waals surface area (Å²) in [4.78, 5) is 38.3. The number of amides is 2. The number of carbonyl (C=O) groups is 3. The van der Waals surface area contributed by atoms with Gasteiger partial charge in [0.15, 0.2) is 0 Å². The summed E-state index contributed by atoms with van der Waals surface area (Å²) in [5.41, 5.74) is 1.45. The average Bonchev–Trinajstić information content (AvgIpc) is 2.64. The van der Waals surface area contributed by atoms with Gasteiger partial charge in [-0.2, -0.15) is 0 Å². The Morgan fingerprint density at radius 2 is 1.96 bits per heavy atom.